The first-order chi connectivity index (χ1) is 6.75. The van der Waals surface area contributed by atoms with E-state index >= 15 is 0 Å². The van der Waals surface area contributed by atoms with Crippen LogP contribution >= 0.6 is 0 Å². The molecule has 0 aromatic carbocycles. The van der Waals surface area contributed by atoms with E-state index in [0.717, 1.165) is 19.0 Å². The largest absolute Gasteiger partial charge is 0.370 e. The van der Waals surface area contributed by atoms with Crippen LogP contribution in [0.15, 0.2) is 12.3 Å². The molecule has 3 nitrogen and oxygen atoms in total. The van der Waals surface area contributed by atoms with Gasteiger partial charge in [-0.05, 0) is 24.7 Å². The van der Waals surface area contributed by atoms with Gasteiger partial charge in [-0.1, -0.05) is 13.8 Å². The molecule has 0 aliphatic heterocycles. The second kappa shape index (κ2) is 4.03. The first-order valence-corrected chi connectivity index (χ1v) is 5.51. The van der Waals surface area contributed by atoms with E-state index in [1.807, 2.05) is 6.20 Å². The van der Waals surface area contributed by atoms with Crippen LogP contribution in [0.1, 0.15) is 26.7 Å². The topological polar surface area (TPSA) is 29.9 Å². The Morgan fingerprint density at radius 2 is 2.36 bits per heavy atom. The Bertz CT molecular complexity index is 286. The van der Waals surface area contributed by atoms with Gasteiger partial charge >= 0.3 is 0 Å². The zero-order valence-electron chi connectivity index (χ0n) is 9.03. The van der Waals surface area contributed by atoms with Gasteiger partial charge in [0.2, 0.25) is 0 Å². The minimum atomic E-state index is 0.680. The third-order valence-corrected chi connectivity index (χ3v) is 2.54. The van der Waals surface area contributed by atoms with Crippen LogP contribution in [0.25, 0.3) is 0 Å². The van der Waals surface area contributed by atoms with Gasteiger partial charge in [-0.15, -0.1) is 0 Å². The minimum absolute atomic E-state index is 0.680. The zero-order chi connectivity index (χ0) is 9.97. The van der Waals surface area contributed by atoms with Crippen molar-refractivity contribution in [3.05, 3.63) is 12.3 Å². The van der Waals surface area contributed by atoms with Gasteiger partial charge < -0.3 is 5.32 Å². The molecule has 1 aromatic rings. The van der Waals surface area contributed by atoms with Gasteiger partial charge in [-0.3, -0.25) is 0 Å². The highest BCUT2D eigenvalue weighted by Gasteiger charge is 2.22. The zero-order valence-corrected chi connectivity index (χ0v) is 9.03. The molecule has 1 saturated carbocycles. The van der Waals surface area contributed by atoms with Crippen LogP contribution in [0, 0.1) is 11.8 Å². The highest BCUT2D eigenvalue weighted by Crippen LogP contribution is 2.31. The Hall–Kier alpha value is -0.990. The van der Waals surface area contributed by atoms with Crippen molar-refractivity contribution in [2.45, 2.75) is 33.2 Å². The molecule has 1 N–H and O–H groups in total. The number of aromatic nitrogens is 2. The average molecular weight is 193 g/mol. The summed E-state index contributed by atoms with van der Waals surface area (Å²) < 4.78 is 2.10. The first-order valence-electron chi connectivity index (χ1n) is 5.51. The average Bonchev–Trinajstić information content (AvgIpc) is 2.81. The van der Waals surface area contributed by atoms with E-state index in [9.17, 15) is 0 Å². The van der Waals surface area contributed by atoms with Crippen molar-refractivity contribution in [2.75, 3.05) is 11.9 Å². The summed E-state index contributed by atoms with van der Waals surface area (Å²) in [6.07, 6.45) is 4.64. The maximum atomic E-state index is 4.33. The predicted octanol–water partition coefficient (Wildman–Crippen LogP) is 2.36. The molecule has 0 unspecified atom stereocenters. The normalized spacial score (nSPS) is 16.2. The summed E-state index contributed by atoms with van der Waals surface area (Å²) in [5.74, 6) is 2.74. The van der Waals surface area contributed by atoms with Crippen LogP contribution in [0.4, 0.5) is 5.82 Å². The summed E-state index contributed by atoms with van der Waals surface area (Å²) in [6.45, 7) is 6.55. The van der Waals surface area contributed by atoms with Crippen molar-refractivity contribution in [3.63, 3.8) is 0 Å². The van der Waals surface area contributed by atoms with Crippen LogP contribution in [-0.2, 0) is 6.54 Å². The van der Waals surface area contributed by atoms with E-state index in [0.29, 0.717) is 5.92 Å². The third kappa shape index (κ3) is 2.50. The summed E-state index contributed by atoms with van der Waals surface area (Å²) in [7, 11) is 0. The molecule has 1 heterocycles. The van der Waals surface area contributed by atoms with Crippen LogP contribution in [-0.4, -0.2) is 16.3 Å². The van der Waals surface area contributed by atoms with Crippen LogP contribution in [0.2, 0.25) is 0 Å². The molecule has 14 heavy (non-hydrogen) atoms. The number of hydrogen-bond acceptors (Lipinski definition) is 2. The SMILES string of the molecule is CC(C)CNc1ccnn1CC1CC1. The van der Waals surface area contributed by atoms with E-state index in [1.165, 1.54) is 18.7 Å². The highest BCUT2D eigenvalue weighted by molar-refractivity contribution is 5.33. The Labute approximate surface area is 85.5 Å². The van der Waals surface area contributed by atoms with Crippen molar-refractivity contribution in [2.24, 2.45) is 11.8 Å². The molecule has 3 heteroatoms. The van der Waals surface area contributed by atoms with Crippen molar-refractivity contribution in [3.8, 4) is 0 Å². The first kappa shape index (κ1) is 9.56. The quantitative estimate of drug-likeness (QED) is 0.778. The Balaban J connectivity index is 1.90. The van der Waals surface area contributed by atoms with E-state index in [1.54, 1.807) is 0 Å². The molecule has 78 valence electrons. The van der Waals surface area contributed by atoms with Gasteiger partial charge in [0, 0.05) is 19.2 Å². The molecule has 1 aliphatic rings. The molecular weight excluding hydrogens is 174 g/mol. The predicted molar refractivity (Wildman–Crippen MR) is 58.3 cm³/mol. The number of nitrogens with one attached hydrogen (secondary N) is 1. The number of hydrogen-bond donors (Lipinski definition) is 1. The van der Waals surface area contributed by atoms with Gasteiger partial charge in [-0.2, -0.15) is 5.10 Å². The van der Waals surface area contributed by atoms with Crippen LogP contribution in [0.3, 0.4) is 0 Å². The molecule has 1 aromatic heterocycles. The molecule has 0 atom stereocenters. The molecule has 0 amide bonds. The van der Waals surface area contributed by atoms with E-state index in [2.05, 4.69) is 35.0 Å². The third-order valence-electron chi connectivity index (χ3n) is 2.54. The summed E-state index contributed by atoms with van der Waals surface area (Å²) in [6, 6.07) is 2.06. The van der Waals surface area contributed by atoms with Crippen LogP contribution < -0.4 is 5.32 Å². The monoisotopic (exact) mass is 193 g/mol. The summed E-state index contributed by atoms with van der Waals surface area (Å²) in [4.78, 5) is 0. The van der Waals surface area contributed by atoms with Gasteiger partial charge in [0.25, 0.3) is 0 Å². The maximum Gasteiger partial charge on any atom is 0.124 e. The molecule has 0 spiro atoms. The fourth-order valence-corrected chi connectivity index (χ4v) is 1.48. The van der Waals surface area contributed by atoms with E-state index < -0.39 is 0 Å². The smallest absolute Gasteiger partial charge is 0.124 e. The van der Waals surface area contributed by atoms with E-state index in [-0.39, 0.29) is 0 Å². The molecule has 0 bridgehead atoms. The standard InChI is InChI=1S/C11H19N3/c1-9(2)7-12-11-5-6-13-14(11)8-10-3-4-10/h5-6,9-10,12H,3-4,7-8H2,1-2H3. The molecule has 0 radical (unpaired) electrons. The lowest BCUT2D eigenvalue weighted by Crippen LogP contribution is -2.13. The van der Waals surface area contributed by atoms with Gasteiger partial charge in [-0.25, -0.2) is 4.68 Å². The van der Waals surface area contributed by atoms with Crippen molar-refractivity contribution >= 4 is 5.82 Å². The summed E-state index contributed by atoms with van der Waals surface area (Å²) in [5.41, 5.74) is 0. The minimum Gasteiger partial charge on any atom is -0.370 e. The summed E-state index contributed by atoms with van der Waals surface area (Å²) in [5, 5.41) is 7.75. The lowest BCUT2D eigenvalue weighted by Gasteiger charge is -2.10. The Kier molecular flexibility index (Phi) is 2.75. The lowest BCUT2D eigenvalue weighted by atomic mass is 10.2. The lowest BCUT2D eigenvalue weighted by molar-refractivity contribution is 0.564. The molecule has 2 rings (SSSR count). The maximum absolute atomic E-state index is 4.33. The molecule has 1 fully saturated rings. The Morgan fingerprint density at radius 1 is 1.57 bits per heavy atom. The fourth-order valence-electron chi connectivity index (χ4n) is 1.48. The van der Waals surface area contributed by atoms with Crippen LogP contribution in [0.5, 0.6) is 0 Å². The van der Waals surface area contributed by atoms with Gasteiger partial charge in [0.1, 0.15) is 5.82 Å². The van der Waals surface area contributed by atoms with Crippen molar-refractivity contribution in [1.82, 2.24) is 9.78 Å². The van der Waals surface area contributed by atoms with Gasteiger partial charge in [0.15, 0.2) is 0 Å². The number of rotatable bonds is 5. The number of anilines is 1. The fraction of sp³-hybridized carbons (Fsp3) is 0.727. The van der Waals surface area contributed by atoms with Crippen molar-refractivity contribution in [1.29, 1.82) is 0 Å². The molecule has 0 saturated heterocycles. The molecule has 1 aliphatic carbocycles. The van der Waals surface area contributed by atoms with Gasteiger partial charge in [0.05, 0.1) is 6.20 Å². The van der Waals surface area contributed by atoms with E-state index in [4.69, 9.17) is 0 Å². The highest BCUT2D eigenvalue weighted by atomic mass is 15.3. The second-order valence-electron chi connectivity index (χ2n) is 4.62. The Morgan fingerprint density at radius 3 is 3.00 bits per heavy atom. The van der Waals surface area contributed by atoms with Crippen molar-refractivity contribution < 1.29 is 0 Å². The number of nitrogens with zero attached hydrogens (tertiary/aromatic N) is 2. The summed E-state index contributed by atoms with van der Waals surface area (Å²) >= 11 is 0. The molecular formula is C11H19N3. The second-order valence-corrected chi connectivity index (χ2v) is 4.62.